The number of aromatic nitrogens is 5. The van der Waals surface area contributed by atoms with Gasteiger partial charge < -0.3 is 15.1 Å². The van der Waals surface area contributed by atoms with E-state index in [2.05, 4.69) is 20.6 Å². The monoisotopic (exact) mass is 478 g/mol. The number of pyridine rings is 1. The molecule has 0 saturated heterocycles. The quantitative estimate of drug-likeness (QED) is 0.554. The predicted molar refractivity (Wildman–Crippen MR) is 127 cm³/mol. The van der Waals surface area contributed by atoms with Crippen LogP contribution in [-0.4, -0.2) is 84.6 Å². The van der Waals surface area contributed by atoms with E-state index < -0.39 is 0 Å². The fraction of sp³-hybridized carbons (Fsp3) is 0.500. The van der Waals surface area contributed by atoms with Crippen molar-refractivity contribution in [3.8, 4) is 0 Å². The maximum absolute atomic E-state index is 13.4. The molecule has 3 aromatic rings. The van der Waals surface area contributed by atoms with E-state index in [0.717, 1.165) is 24.1 Å². The Hall–Kier alpha value is -3.76. The van der Waals surface area contributed by atoms with Crippen LogP contribution in [0.25, 0.3) is 5.65 Å². The molecule has 184 valence electrons. The van der Waals surface area contributed by atoms with Crippen molar-refractivity contribution in [2.75, 3.05) is 26.7 Å². The Bertz CT molecular complexity index is 1280. The van der Waals surface area contributed by atoms with Crippen LogP contribution in [0, 0.1) is 0 Å². The first-order valence-electron chi connectivity index (χ1n) is 12.1. The van der Waals surface area contributed by atoms with Gasteiger partial charge in [-0.1, -0.05) is 0 Å². The Morgan fingerprint density at radius 3 is 2.83 bits per heavy atom. The molecule has 5 rings (SSSR count). The summed E-state index contributed by atoms with van der Waals surface area (Å²) >= 11 is 0. The molecular weight excluding hydrogens is 448 g/mol. The Balaban J connectivity index is 1.38. The van der Waals surface area contributed by atoms with Crippen molar-refractivity contribution in [3.63, 3.8) is 0 Å². The normalized spacial score (nSPS) is 19.9. The van der Waals surface area contributed by atoms with E-state index >= 15 is 0 Å². The predicted octanol–water partition coefficient (Wildman–Crippen LogP) is 0.835. The molecule has 3 aromatic heterocycles. The summed E-state index contributed by atoms with van der Waals surface area (Å²) < 4.78 is 3.50. The van der Waals surface area contributed by atoms with Crippen molar-refractivity contribution in [2.24, 2.45) is 7.05 Å². The van der Waals surface area contributed by atoms with Crippen LogP contribution in [0.15, 0.2) is 24.7 Å². The van der Waals surface area contributed by atoms with Gasteiger partial charge in [-0.3, -0.25) is 23.5 Å². The highest BCUT2D eigenvalue weighted by atomic mass is 16.2. The van der Waals surface area contributed by atoms with Gasteiger partial charge in [-0.05, 0) is 44.2 Å². The standard InChI is InChI=1S/C24H30N8O3/c1-29-16-8-9-19-18(14-16)21(28-30(19)2)23(34)25-10-5-13-31(11-4-7-20(29)33)24(35)17-6-3-12-32-15-26-27-22(17)32/h3,6,12,15-16H,4-5,7-11,13-14H2,1-2H3,(H,25,34). The maximum Gasteiger partial charge on any atom is 0.272 e. The second-order valence-electron chi connectivity index (χ2n) is 9.29. The smallest absolute Gasteiger partial charge is 0.272 e. The van der Waals surface area contributed by atoms with Gasteiger partial charge in [-0.15, -0.1) is 10.2 Å². The number of nitrogens with zero attached hydrogens (tertiary/aromatic N) is 7. The second kappa shape index (κ2) is 9.47. The Morgan fingerprint density at radius 2 is 1.97 bits per heavy atom. The number of aryl methyl sites for hydroxylation is 1. The third-order valence-corrected chi connectivity index (χ3v) is 7.14. The van der Waals surface area contributed by atoms with E-state index in [1.54, 1.807) is 43.5 Å². The molecule has 0 saturated carbocycles. The molecule has 1 N–H and O–H groups in total. The minimum absolute atomic E-state index is 0.0270. The van der Waals surface area contributed by atoms with Gasteiger partial charge in [0.1, 0.15) is 6.33 Å². The molecule has 1 aliphatic carbocycles. The molecule has 1 aliphatic heterocycles. The number of hydrogen-bond acceptors (Lipinski definition) is 6. The van der Waals surface area contributed by atoms with Crippen LogP contribution in [-0.2, 0) is 24.7 Å². The summed E-state index contributed by atoms with van der Waals surface area (Å²) in [5.74, 6) is -0.319. The first-order valence-corrected chi connectivity index (χ1v) is 12.1. The Kier molecular flexibility index (Phi) is 6.23. The van der Waals surface area contributed by atoms with Crippen LogP contribution in [0.4, 0.5) is 0 Å². The summed E-state index contributed by atoms with van der Waals surface area (Å²) in [6.45, 7) is 1.31. The van der Waals surface area contributed by atoms with Crippen molar-refractivity contribution in [3.05, 3.63) is 47.2 Å². The summed E-state index contributed by atoms with van der Waals surface area (Å²) in [6.07, 6.45) is 7.10. The molecule has 0 aromatic carbocycles. The minimum Gasteiger partial charge on any atom is -0.351 e. The van der Waals surface area contributed by atoms with Gasteiger partial charge >= 0.3 is 0 Å². The van der Waals surface area contributed by atoms with Crippen LogP contribution in [0.3, 0.4) is 0 Å². The zero-order valence-corrected chi connectivity index (χ0v) is 20.1. The third kappa shape index (κ3) is 4.38. The highest BCUT2D eigenvalue weighted by molar-refractivity contribution is 5.99. The average Bonchev–Trinajstić information content (AvgIpc) is 3.48. The topological polar surface area (TPSA) is 118 Å². The van der Waals surface area contributed by atoms with Crippen molar-refractivity contribution < 1.29 is 14.4 Å². The van der Waals surface area contributed by atoms with Gasteiger partial charge in [-0.25, -0.2) is 0 Å². The molecule has 0 radical (unpaired) electrons. The van der Waals surface area contributed by atoms with Crippen molar-refractivity contribution in [1.29, 1.82) is 0 Å². The molecule has 0 spiro atoms. The number of rotatable bonds is 1. The summed E-state index contributed by atoms with van der Waals surface area (Å²) in [6, 6.07) is 3.55. The average molecular weight is 479 g/mol. The number of amides is 3. The van der Waals surface area contributed by atoms with E-state index in [-0.39, 0.29) is 23.8 Å². The Morgan fingerprint density at radius 1 is 1.14 bits per heavy atom. The summed E-state index contributed by atoms with van der Waals surface area (Å²) in [4.78, 5) is 43.0. The lowest BCUT2D eigenvalue weighted by molar-refractivity contribution is -0.132. The van der Waals surface area contributed by atoms with Gasteiger partial charge in [0.15, 0.2) is 11.3 Å². The lowest BCUT2D eigenvalue weighted by atomic mass is 9.90. The van der Waals surface area contributed by atoms with Crippen LogP contribution < -0.4 is 5.32 Å². The molecule has 35 heavy (non-hydrogen) atoms. The van der Waals surface area contributed by atoms with Gasteiger partial charge in [-0.2, -0.15) is 5.10 Å². The molecule has 11 heteroatoms. The first-order chi connectivity index (χ1) is 16.9. The molecule has 11 nitrogen and oxygen atoms in total. The van der Waals surface area contributed by atoms with Gasteiger partial charge in [0.2, 0.25) is 5.91 Å². The summed E-state index contributed by atoms with van der Waals surface area (Å²) in [5.41, 5.74) is 3.41. The van der Waals surface area contributed by atoms with Gasteiger partial charge in [0.05, 0.1) is 5.56 Å². The van der Waals surface area contributed by atoms with E-state index in [1.807, 2.05) is 14.1 Å². The molecule has 4 heterocycles. The number of carbonyl (C=O) groups excluding carboxylic acids is 3. The van der Waals surface area contributed by atoms with E-state index in [1.165, 1.54) is 0 Å². The number of carbonyl (C=O) groups is 3. The van der Waals surface area contributed by atoms with Crippen LogP contribution in [0.1, 0.15) is 57.8 Å². The van der Waals surface area contributed by atoms with Crippen molar-refractivity contribution in [1.82, 2.24) is 39.5 Å². The lowest BCUT2D eigenvalue weighted by Gasteiger charge is -2.32. The van der Waals surface area contributed by atoms with Crippen molar-refractivity contribution >= 4 is 23.4 Å². The van der Waals surface area contributed by atoms with Gasteiger partial charge in [0, 0.05) is 63.6 Å². The minimum atomic E-state index is -0.211. The Labute approximate surface area is 203 Å². The third-order valence-electron chi connectivity index (χ3n) is 7.14. The van der Waals surface area contributed by atoms with E-state index in [0.29, 0.717) is 62.2 Å². The van der Waals surface area contributed by atoms with E-state index in [9.17, 15) is 14.4 Å². The first kappa shape index (κ1) is 23.0. The highest BCUT2D eigenvalue weighted by Gasteiger charge is 2.32. The maximum atomic E-state index is 13.4. The SMILES string of the molecule is CN1C(=O)CCCN(C(=O)c2cccn3cnnc23)CCCNC(=O)c2nn(C)c3c2CC1CC3. The van der Waals surface area contributed by atoms with E-state index in [4.69, 9.17) is 0 Å². The highest BCUT2D eigenvalue weighted by Crippen LogP contribution is 2.27. The van der Waals surface area contributed by atoms with Crippen LogP contribution in [0.5, 0.6) is 0 Å². The summed E-state index contributed by atoms with van der Waals surface area (Å²) in [7, 11) is 3.70. The fourth-order valence-electron chi connectivity index (χ4n) is 5.14. The molecule has 1 unspecified atom stereocenters. The molecule has 0 fully saturated rings. The largest absolute Gasteiger partial charge is 0.351 e. The molecule has 1 atom stereocenters. The zero-order valence-electron chi connectivity index (χ0n) is 20.1. The molecule has 3 amide bonds. The molecular formula is C24H30N8O3. The lowest BCUT2D eigenvalue weighted by Crippen LogP contribution is -2.41. The number of fused-ring (bicyclic) bond motifs is 2. The van der Waals surface area contributed by atoms with Crippen molar-refractivity contribution in [2.45, 2.75) is 44.6 Å². The second-order valence-corrected chi connectivity index (χ2v) is 9.29. The number of likely N-dealkylation sites (N-methyl/N-ethyl adjacent to an activating group) is 1. The molecule has 2 bridgehead atoms. The number of nitrogens with one attached hydrogen (secondary N) is 1. The molecule has 2 aliphatic rings. The van der Waals surface area contributed by atoms with Crippen LogP contribution in [0.2, 0.25) is 0 Å². The van der Waals surface area contributed by atoms with Gasteiger partial charge in [0.25, 0.3) is 11.8 Å². The van der Waals surface area contributed by atoms with Crippen LogP contribution >= 0.6 is 0 Å². The number of hydrogen-bond donors (Lipinski definition) is 1. The zero-order chi connectivity index (χ0) is 24.5. The summed E-state index contributed by atoms with van der Waals surface area (Å²) in [5, 5.41) is 15.5. The fourth-order valence-corrected chi connectivity index (χ4v) is 5.14.